The number of carboxylic acid groups (broad SMARTS) is 1. The fourth-order valence-electron chi connectivity index (χ4n) is 7.34. The van der Waals surface area contributed by atoms with Gasteiger partial charge in [0.25, 0.3) is 5.56 Å². The van der Waals surface area contributed by atoms with Crippen molar-refractivity contribution in [1.82, 2.24) is 19.4 Å². The molecule has 2 aliphatic rings. The highest BCUT2D eigenvalue weighted by molar-refractivity contribution is 5.66. The SMILES string of the molecule is O=C(O)CCCN[C@@H](Cn1c(=O)c2c(n(Cc3c(F)cccc3C(F)(F)F)c1=O)COC21CCN(Cc2cccc(C(F)(F)F)c2)CC1)c1ccccc1. The molecule has 288 valence electrons. The van der Waals surface area contributed by atoms with Crippen LogP contribution in [0.15, 0.2) is 82.4 Å². The zero-order chi connectivity index (χ0) is 38.8. The van der Waals surface area contributed by atoms with Gasteiger partial charge >= 0.3 is 24.0 Å². The van der Waals surface area contributed by atoms with Crippen LogP contribution in [0.25, 0.3) is 0 Å². The molecule has 1 atom stereocenters. The van der Waals surface area contributed by atoms with Gasteiger partial charge in [-0.3, -0.25) is 23.6 Å². The average molecular weight is 763 g/mol. The van der Waals surface area contributed by atoms with Crippen LogP contribution < -0.4 is 16.6 Å². The molecule has 1 saturated heterocycles. The lowest BCUT2D eigenvalue weighted by atomic mass is 9.85. The number of ether oxygens (including phenoxy) is 1. The number of carboxylic acids is 1. The summed E-state index contributed by atoms with van der Waals surface area (Å²) in [6.45, 7) is -0.556. The van der Waals surface area contributed by atoms with Crippen LogP contribution in [-0.4, -0.2) is 44.7 Å². The van der Waals surface area contributed by atoms with E-state index < -0.39 is 70.3 Å². The Morgan fingerprint density at radius 2 is 1.59 bits per heavy atom. The largest absolute Gasteiger partial charge is 0.481 e. The van der Waals surface area contributed by atoms with Crippen LogP contribution in [0.2, 0.25) is 0 Å². The molecule has 0 unspecified atom stereocenters. The molecule has 0 bridgehead atoms. The first-order valence-corrected chi connectivity index (χ1v) is 17.3. The number of hydrogen-bond donors (Lipinski definition) is 2. The van der Waals surface area contributed by atoms with E-state index in [1.807, 2.05) is 4.90 Å². The highest BCUT2D eigenvalue weighted by atomic mass is 19.4. The molecule has 3 aromatic carbocycles. The first kappa shape index (κ1) is 38.9. The molecular formula is C38H37F7N4O5. The Kier molecular flexibility index (Phi) is 11.2. The molecule has 4 aromatic rings. The smallest absolute Gasteiger partial charge is 0.416 e. The lowest BCUT2D eigenvalue weighted by molar-refractivity contribution is -0.139. The standard InChI is InChI=1S/C38H37F7N4O5/c39-29-12-5-11-28(38(43,44)45)27(29)21-48-31-23-54-36(14-17-47(18-15-36)20-24-7-4-10-26(19-24)37(40,41)42)33(31)34(52)49(35(48)53)22-30(25-8-2-1-3-9-25)46-16-6-13-32(50)51/h1-5,7-12,19,30,46H,6,13-18,20-23H2,(H,50,51)/t30-/m0/s1. The third kappa shape index (κ3) is 8.30. The van der Waals surface area contributed by atoms with Gasteiger partial charge in [0.1, 0.15) is 11.4 Å². The van der Waals surface area contributed by atoms with Crippen molar-refractivity contribution in [1.29, 1.82) is 0 Å². The second kappa shape index (κ2) is 15.5. The van der Waals surface area contributed by atoms with Crippen molar-refractivity contribution >= 4 is 5.97 Å². The normalized spacial score (nSPS) is 16.4. The van der Waals surface area contributed by atoms with Gasteiger partial charge in [-0.1, -0.05) is 54.6 Å². The van der Waals surface area contributed by atoms with Crippen molar-refractivity contribution in [3.8, 4) is 0 Å². The number of fused-ring (bicyclic) bond motifs is 2. The van der Waals surface area contributed by atoms with Crippen LogP contribution in [0.4, 0.5) is 30.7 Å². The van der Waals surface area contributed by atoms with Gasteiger partial charge in [0, 0.05) is 31.6 Å². The Labute approximate surface area is 304 Å². The van der Waals surface area contributed by atoms with Crippen molar-refractivity contribution in [2.45, 2.75) is 75.9 Å². The lowest BCUT2D eigenvalue weighted by Gasteiger charge is -2.39. The molecule has 1 aromatic heterocycles. The minimum absolute atomic E-state index is 0.0228. The maximum absolute atomic E-state index is 15.2. The molecule has 0 radical (unpaired) electrons. The maximum Gasteiger partial charge on any atom is 0.416 e. The van der Waals surface area contributed by atoms with E-state index in [1.165, 1.54) is 6.07 Å². The van der Waals surface area contributed by atoms with Crippen LogP contribution in [0, 0.1) is 5.82 Å². The van der Waals surface area contributed by atoms with Gasteiger partial charge in [-0.05, 0) is 55.1 Å². The van der Waals surface area contributed by atoms with Crippen molar-refractivity contribution < 1.29 is 45.4 Å². The van der Waals surface area contributed by atoms with Gasteiger partial charge in [-0.15, -0.1) is 0 Å². The molecule has 6 rings (SSSR count). The fraction of sp³-hybridized carbons (Fsp3) is 0.395. The summed E-state index contributed by atoms with van der Waals surface area (Å²) in [5, 5.41) is 12.3. The van der Waals surface area contributed by atoms with Gasteiger partial charge in [0.2, 0.25) is 0 Å². The number of rotatable bonds is 12. The number of likely N-dealkylation sites (tertiary alicyclic amines) is 1. The van der Waals surface area contributed by atoms with E-state index in [4.69, 9.17) is 9.84 Å². The quantitative estimate of drug-likeness (QED) is 0.126. The molecule has 0 aliphatic carbocycles. The summed E-state index contributed by atoms with van der Waals surface area (Å²) in [7, 11) is 0. The molecule has 9 nitrogen and oxygen atoms in total. The van der Waals surface area contributed by atoms with E-state index in [0.29, 0.717) is 17.2 Å². The Morgan fingerprint density at radius 1 is 0.889 bits per heavy atom. The Bertz CT molecular complexity index is 2110. The van der Waals surface area contributed by atoms with E-state index in [-0.39, 0.29) is 76.3 Å². The number of hydrogen-bond acceptors (Lipinski definition) is 6. The Hall–Kier alpha value is -4.80. The molecule has 16 heteroatoms. The summed E-state index contributed by atoms with van der Waals surface area (Å²) in [4.78, 5) is 41.9. The second-order valence-electron chi connectivity index (χ2n) is 13.5. The predicted octanol–water partition coefficient (Wildman–Crippen LogP) is 6.45. The van der Waals surface area contributed by atoms with Crippen molar-refractivity contribution in [2.24, 2.45) is 0 Å². The lowest BCUT2D eigenvalue weighted by Crippen LogP contribution is -2.50. The number of aliphatic carboxylic acids is 1. The first-order valence-electron chi connectivity index (χ1n) is 17.3. The highest BCUT2D eigenvalue weighted by Gasteiger charge is 2.47. The summed E-state index contributed by atoms with van der Waals surface area (Å²) < 4.78 is 106. The zero-order valence-corrected chi connectivity index (χ0v) is 28.9. The van der Waals surface area contributed by atoms with E-state index >= 15 is 4.39 Å². The number of halogens is 7. The molecule has 3 heterocycles. The summed E-state index contributed by atoms with van der Waals surface area (Å²) in [6.07, 6.45) is -9.04. The third-order valence-corrected chi connectivity index (χ3v) is 10.1. The maximum atomic E-state index is 15.2. The summed E-state index contributed by atoms with van der Waals surface area (Å²) in [5.74, 6) is -2.20. The van der Waals surface area contributed by atoms with E-state index in [1.54, 1.807) is 36.4 Å². The zero-order valence-electron chi connectivity index (χ0n) is 28.9. The number of nitrogens with one attached hydrogen (secondary N) is 1. The summed E-state index contributed by atoms with van der Waals surface area (Å²) >= 11 is 0. The number of piperidine rings is 1. The fourth-order valence-corrected chi connectivity index (χ4v) is 7.34. The molecule has 0 saturated carbocycles. The van der Waals surface area contributed by atoms with Crippen molar-refractivity contribution in [3.05, 3.63) is 139 Å². The molecule has 2 aliphatic heterocycles. The van der Waals surface area contributed by atoms with E-state index in [0.717, 1.165) is 33.4 Å². The minimum atomic E-state index is -4.96. The van der Waals surface area contributed by atoms with Crippen LogP contribution in [0.1, 0.15) is 70.8 Å². The number of nitrogens with zero attached hydrogens (tertiary/aromatic N) is 3. The molecule has 2 N–H and O–H groups in total. The van der Waals surface area contributed by atoms with Crippen LogP contribution in [0.3, 0.4) is 0 Å². The van der Waals surface area contributed by atoms with Gasteiger partial charge in [-0.2, -0.15) is 26.3 Å². The molecule has 54 heavy (non-hydrogen) atoms. The Balaban J connectivity index is 1.40. The number of carbonyl (C=O) groups is 1. The van der Waals surface area contributed by atoms with Crippen molar-refractivity contribution in [2.75, 3.05) is 19.6 Å². The molecule has 0 amide bonds. The number of benzene rings is 3. The molecule has 1 spiro atoms. The molecular weight excluding hydrogens is 725 g/mol. The van der Waals surface area contributed by atoms with Crippen LogP contribution >= 0.6 is 0 Å². The van der Waals surface area contributed by atoms with Gasteiger partial charge < -0.3 is 15.2 Å². The predicted molar refractivity (Wildman–Crippen MR) is 182 cm³/mol. The van der Waals surface area contributed by atoms with Gasteiger partial charge in [0.05, 0.1) is 48.1 Å². The molecule has 1 fully saturated rings. The topological polar surface area (TPSA) is 106 Å². The van der Waals surface area contributed by atoms with E-state index in [2.05, 4.69) is 5.32 Å². The average Bonchev–Trinajstić information content (AvgIpc) is 3.49. The van der Waals surface area contributed by atoms with Crippen LogP contribution in [-0.2, 0) is 53.7 Å². The Morgan fingerprint density at radius 3 is 2.26 bits per heavy atom. The summed E-state index contributed by atoms with van der Waals surface area (Å²) in [6, 6.07) is 15.4. The number of aromatic nitrogens is 2. The van der Waals surface area contributed by atoms with Gasteiger partial charge in [-0.25, -0.2) is 9.18 Å². The van der Waals surface area contributed by atoms with E-state index in [9.17, 15) is 40.7 Å². The number of alkyl halides is 6. The second-order valence-corrected chi connectivity index (χ2v) is 13.5. The monoisotopic (exact) mass is 762 g/mol. The minimum Gasteiger partial charge on any atom is -0.481 e. The third-order valence-electron chi connectivity index (χ3n) is 10.1. The highest BCUT2D eigenvalue weighted by Crippen LogP contribution is 2.43. The first-order chi connectivity index (χ1) is 25.6. The van der Waals surface area contributed by atoms with Crippen LogP contribution in [0.5, 0.6) is 0 Å². The van der Waals surface area contributed by atoms with Crippen molar-refractivity contribution in [3.63, 3.8) is 0 Å². The van der Waals surface area contributed by atoms with Gasteiger partial charge in [0.15, 0.2) is 0 Å². The summed E-state index contributed by atoms with van der Waals surface area (Å²) in [5.41, 5.74) is -4.69.